The second kappa shape index (κ2) is 13.6. The SMILES string of the molecule is CCC(C)c1ccc(C)cc1.Cc1ccc(C)cc1.Cc1ccc(C2=CCC(C)C=C2)cc1. The van der Waals surface area contributed by atoms with E-state index in [0.717, 1.165) is 0 Å². The van der Waals surface area contributed by atoms with Gasteiger partial charge >= 0.3 is 0 Å². The standard InChI is InChI=1S/C14H16.C11H16.C8H10/c1-11-3-7-13(8-4-11)14-9-5-12(2)6-10-14;1-4-10(3)11-7-5-9(2)6-8-11;1-7-3-5-8(2)6-4-7/h3-5,7-10,12H,6H2,1-2H3;5-8,10H,4H2,1-3H3;3-6H,1-2H3. The van der Waals surface area contributed by atoms with Crippen molar-refractivity contribution >= 4 is 5.57 Å². The van der Waals surface area contributed by atoms with Gasteiger partial charge in [0.1, 0.15) is 0 Å². The van der Waals surface area contributed by atoms with Gasteiger partial charge < -0.3 is 0 Å². The number of benzene rings is 3. The zero-order valence-corrected chi connectivity index (χ0v) is 21.7. The average molecular weight is 439 g/mol. The molecule has 0 spiro atoms. The molecule has 4 rings (SSSR count). The Balaban J connectivity index is 0.000000182. The van der Waals surface area contributed by atoms with Gasteiger partial charge in [0.05, 0.1) is 0 Å². The molecule has 0 N–H and O–H groups in total. The minimum atomic E-state index is 0.698. The van der Waals surface area contributed by atoms with Gasteiger partial charge in [-0.1, -0.05) is 134 Å². The number of rotatable bonds is 3. The van der Waals surface area contributed by atoms with Crippen LogP contribution in [0.25, 0.3) is 5.57 Å². The van der Waals surface area contributed by atoms with Gasteiger partial charge in [0.25, 0.3) is 0 Å². The smallest absolute Gasteiger partial charge is 0.0187 e. The van der Waals surface area contributed by atoms with Crippen LogP contribution in [0.3, 0.4) is 0 Å². The van der Waals surface area contributed by atoms with Crippen LogP contribution in [0.4, 0.5) is 0 Å². The maximum Gasteiger partial charge on any atom is -0.0187 e. The van der Waals surface area contributed by atoms with Crippen LogP contribution >= 0.6 is 0 Å². The summed E-state index contributed by atoms with van der Waals surface area (Å²) in [6.45, 7) is 15.2. The number of hydrogen-bond acceptors (Lipinski definition) is 0. The van der Waals surface area contributed by atoms with Crippen LogP contribution in [-0.2, 0) is 0 Å². The first-order valence-electron chi connectivity index (χ1n) is 12.3. The summed E-state index contributed by atoms with van der Waals surface area (Å²) in [5.41, 5.74) is 9.48. The summed E-state index contributed by atoms with van der Waals surface area (Å²) < 4.78 is 0. The Morgan fingerprint density at radius 2 is 1.12 bits per heavy atom. The molecular weight excluding hydrogens is 396 g/mol. The van der Waals surface area contributed by atoms with Crippen LogP contribution in [0.15, 0.2) is 91.0 Å². The van der Waals surface area contributed by atoms with Gasteiger partial charge in [-0.3, -0.25) is 0 Å². The fourth-order valence-electron chi connectivity index (χ4n) is 3.46. The Morgan fingerprint density at radius 3 is 1.52 bits per heavy atom. The number of allylic oxidation sites excluding steroid dienone is 4. The van der Waals surface area contributed by atoms with Gasteiger partial charge in [0.15, 0.2) is 0 Å². The summed E-state index contributed by atoms with van der Waals surface area (Å²) in [6.07, 6.45) is 9.24. The quantitative estimate of drug-likeness (QED) is 0.381. The molecule has 3 aromatic rings. The summed E-state index contributed by atoms with van der Waals surface area (Å²) >= 11 is 0. The van der Waals surface area contributed by atoms with Gasteiger partial charge in [0, 0.05) is 0 Å². The molecule has 2 atom stereocenters. The molecule has 174 valence electrons. The van der Waals surface area contributed by atoms with E-state index in [2.05, 4.69) is 139 Å². The second-order valence-electron chi connectivity index (χ2n) is 9.47. The average Bonchev–Trinajstić information content (AvgIpc) is 2.83. The summed E-state index contributed by atoms with van der Waals surface area (Å²) in [4.78, 5) is 0. The van der Waals surface area contributed by atoms with E-state index < -0.39 is 0 Å². The Kier molecular flexibility index (Phi) is 10.9. The summed E-state index contributed by atoms with van der Waals surface area (Å²) in [6, 6.07) is 26.0. The Bertz CT molecular complexity index is 978. The molecule has 0 aliphatic heterocycles. The molecule has 0 bridgehead atoms. The molecule has 1 aliphatic carbocycles. The Hall–Kier alpha value is -2.86. The highest BCUT2D eigenvalue weighted by atomic mass is 14.1. The van der Waals surface area contributed by atoms with Gasteiger partial charge in [-0.2, -0.15) is 0 Å². The highest BCUT2D eigenvalue weighted by Gasteiger charge is 2.04. The van der Waals surface area contributed by atoms with Crippen molar-refractivity contribution in [2.45, 2.75) is 67.2 Å². The van der Waals surface area contributed by atoms with E-state index in [0.29, 0.717) is 11.8 Å². The third kappa shape index (κ3) is 9.66. The van der Waals surface area contributed by atoms with Crippen molar-refractivity contribution < 1.29 is 0 Å². The number of hydrogen-bond donors (Lipinski definition) is 0. The molecule has 0 saturated heterocycles. The van der Waals surface area contributed by atoms with Gasteiger partial charge in [-0.15, -0.1) is 0 Å². The topological polar surface area (TPSA) is 0 Å². The van der Waals surface area contributed by atoms with Crippen molar-refractivity contribution in [1.29, 1.82) is 0 Å². The molecule has 3 aromatic carbocycles. The van der Waals surface area contributed by atoms with E-state index >= 15 is 0 Å². The van der Waals surface area contributed by atoms with E-state index in [9.17, 15) is 0 Å². The summed E-state index contributed by atoms with van der Waals surface area (Å²) in [5, 5.41) is 0. The molecule has 0 aromatic heterocycles. The molecule has 2 unspecified atom stereocenters. The minimum Gasteiger partial charge on any atom is -0.0808 e. The van der Waals surface area contributed by atoms with Crippen molar-refractivity contribution in [3.8, 4) is 0 Å². The minimum absolute atomic E-state index is 0.698. The van der Waals surface area contributed by atoms with E-state index in [1.165, 1.54) is 51.8 Å². The third-order valence-corrected chi connectivity index (χ3v) is 6.18. The first-order chi connectivity index (χ1) is 15.8. The van der Waals surface area contributed by atoms with Crippen molar-refractivity contribution in [1.82, 2.24) is 0 Å². The van der Waals surface area contributed by atoms with Crippen LogP contribution in [0, 0.1) is 33.6 Å². The molecule has 0 heteroatoms. The molecule has 0 saturated carbocycles. The predicted molar refractivity (Wildman–Crippen MR) is 148 cm³/mol. The highest BCUT2D eigenvalue weighted by Crippen LogP contribution is 2.24. The monoisotopic (exact) mass is 438 g/mol. The van der Waals surface area contributed by atoms with Crippen molar-refractivity contribution in [2.24, 2.45) is 5.92 Å². The van der Waals surface area contributed by atoms with E-state index in [4.69, 9.17) is 0 Å². The van der Waals surface area contributed by atoms with Crippen molar-refractivity contribution in [2.75, 3.05) is 0 Å². The third-order valence-electron chi connectivity index (χ3n) is 6.18. The lowest BCUT2D eigenvalue weighted by molar-refractivity contribution is 0.733. The molecule has 0 amide bonds. The van der Waals surface area contributed by atoms with E-state index in [-0.39, 0.29) is 0 Å². The predicted octanol–water partition coefficient (Wildman–Crippen LogP) is 9.79. The fourth-order valence-corrected chi connectivity index (χ4v) is 3.46. The molecular formula is C33H42. The van der Waals surface area contributed by atoms with Crippen LogP contribution in [0.5, 0.6) is 0 Å². The number of aryl methyl sites for hydroxylation is 4. The lowest BCUT2D eigenvalue weighted by Gasteiger charge is -2.11. The summed E-state index contributed by atoms with van der Waals surface area (Å²) in [7, 11) is 0. The van der Waals surface area contributed by atoms with Crippen molar-refractivity contribution in [3.05, 3.63) is 124 Å². The molecule has 0 heterocycles. The maximum absolute atomic E-state index is 2.33. The lowest BCUT2D eigenvalue weighted by atomic mass is 9.94. The zero-order valence-electron chi connectivity index (χ0n) is 21.7. The normalized spacial score (nSPS) is 15.4. The first-order valence-corrected chi connectivity index (χ1v) is 12.3. The largest absolute Gasteiger partial charge is 0.0808 e. The molecule has 33 heavy (non-hydrogen) atoms. The lowest BCUT2D eigenvalue weighted by Crippen LogP contribution is -1.94. The molecule has 1 aliphatic rings. The Morgan fingerprint density at radius 1 is 0.697 bits per heavy atom. The van der Waals surface area contributed by atoms with Gasteiger partial charge in [-0.25, -0.2) is 0 Å². The van der Waals surface area contributed by atoms with E-state index in [1.54, 1.807) is 0 Å². The molecule has 0 radical (unpaired) electrons. The second-order valence-corrected chi connectivity index (χ2v) is 9.47. The van der Waals surface area contributed by atoms with Crippen LogP contribution < -0.4 is 0 Å². The van der Waals surface area contributed by atoms with Crippen LogP contribution in [0.2, 0.25) is 0 Å². The fraction of sp³-hybridized carbons (Fsp3) is 0.333. The van der Waals surface area contributed by atoms with Gasteiger partial charge in [0.2, 0.25) is 0 Å². The van der Waals surface area contributed by atoms with Crippen LogP contribution in [0.1, 0.15) is 72.9 Å². The summed E-state index contributed by atoms with van der Waals surface area (Å²) in [5.74, 6) is 1.40. The van der Waals surface area contributed by atoms with Gasteiger partial charge in [-0.05, 0) is 69.1 Å². The van der Waals surface area contributed by atoms with Crippen molar-refractivity contribution in [3.63, 3.8) is 0 Å². The zero-order chi connectivity index (χ0) is 24.2. The highest BCUT2D eigenvalue weighted by molar-refractivity contribution is 5.74. The molecule has 0 fully saturated rings. The maximum atomic E-state index is 2.33. The van der Waals surface area contributed by atoms with Crippen LogP contribution in [-0.4, -0.2) is 0 Å². The van der Waals surface area contributed by atoms with E-state index in [1.807, 2.05) is 0 Å². The Labute approximate surface area is 203 Å². The molecule has 0 nitrogen and oxygen atoms in total. The first kappa shape index (κ1) is 26.4.